The van der Waals surface area contributed by atoms with Crippen LogP contribution in [0.4, 0.5) is 15.8 Å². The fraction of sp³-hybridized carbons (Fsp3) is 0.300. The maximum atomic E-state index is 14.0. The number of nitrogens with one attached hydrogen (secondary N) is 1. The number of halogens is 1. The third-order valence-electron chi connectivity index (χ3n) is 4.41. The van der Waals surface area contributed by atoms with Crippen LogP contribution in [0.1, 0.15) is 12.8 Å². The van der Waals surface area contributed by atoms with E-state index in [-0.39, 0.29) is 48.2 Å². The molecule has 0 aliphatic heterocycles. The smallest absolute Gasteiger partial charge is 0.419 e. The van der Waals surface area contributed by atoms with Crippen molar-refractivity contribution in [1.29, 1.82) is 0 Å². The predicted octanol–water partition coefficient (Wildman–Crippen LogP) is 3.09. The van der Waals surface area contributed by atoms with Gasteiger partial charge in [-0.25, -0.2) is 9.18 Å². The number of carbonyl (C=O) groups is 1. The zero-order valence-corrected chi connectivity index (χ0v) is 16.6. The van der Waals surface area contributed by atoms with E-state index in [0.29, 0.717) is 18.5 Å². The SMILES string of the molecule is COCCOc1ccc(NC(=O)CCCn2c(=O)oc3cc([N+](=O)[O-])ccc32)cc1F. The van der Waals surface area contributed by atoms with Crippen LogP contribution >= 0.6 is 0 Å². The first-order valence-electron chi connectivity index (χ1n) is 9.38. The highest BCUT2D eigenvalue weighted by atomic mass is 19.1. The highest BCUT2D eigenvalue weighted by molar-refractivity contribution is 5.90. The van der Waals surface area contributed by atoms with Crippen molar-refractivity contribution in [2.45, 2.75) is 19.4 Å². The van der Waals surface area contributed by atoms with Gasteiger partial charge in [0.1, 0.15) is 6.61 Å². The zero-order valence-electron chi connectivity index (χ0n) is 16.6. The van der Waals surface area contributed by atoms with E-state index in [1.165, 1.54) is 42.0 Å². The molecule has 11 heteroatoms. The summed E-state index contributed by atoms with van der Waals surface area (Å²) in [5.41, 5.74) is 0.601. The van der Waals surface area contributed by atoms with E-state index in [4.69, 9.17) is 13.9 Å². The van der Waals surface area contributed by atoms with Crippen molar-refractivity contribution in [3.05, 3.63) is 62.9 Å². The molecule has 2 aromatic carbocycles. The molecule has 0 radical (unpaired) electrons. The molecule has 0 unspecified atom stereocenters. The van der Waals surface area contributed by atoms with E-state index in [1.54, 1.807) is 0 Å². The lowest BCUT2D eigenvalue weighted by molar-refractivity contribution is -0.384. The molecule has 3 rings (SSSR count). The lowest BCUT2D eigenvalue weighted by atomic mass is 10.2. The molecule has 1 heterocycles. The summed E-state index contributed by atoms with van der Waals surface area (Å²) in [6, 6.07) is 7.97. The number of nitro benzene ring substituents is 1. The Kier molecular flexibility index (Phi) is 6.98. The summed E-state index contributed by atoms with van der Waals surface area (Å²) in [4.78, 5) is 34.4. The van der Waals surface area contributed by atoms with E-state index in [1.807, 2.05) is 0 Å². The maximum Gasteiger partial charge on any atom is 0.419 e. The lowest BCUT2D eigenvalue weighted by Gasteiger charge is -2.09. The Morgan fingerprint density at radius 2 is 2.06 bits per heavy atom. The molecule has 0 aliphatic rings. The van der Waals surface area contributed by atoms with Crippen LogP contribution in [-0.2, 0) is 16.1 Å². The number of ether oxygens (including phenoxy) is 2. The molecular formula is C20H20FN3O7. The van der Waals surface area contributed by atoms with E-state index < -0.39 is 16.5 Å². The van der Waals surface area contributed by atoms with Gasteiger partial charge in [0, 0.05) is 37.9 Å². The number of nitro groups is 1. The molecule has 1 aromatic heterocycles. The minimum atomic E-state index is -0.665. The highest BCUT2D eigenvalue weighted by Crippen LogP contribution is 2.22. The molecule has 1 amide bonds. The number of amides is 1. The van der Waals surface area contributed by atoms with Gasteiger partial charge in [0.25, 0.3) is 5.69 Å². The van der Waals surface area contributed by atoms with E-state index in [0.717, 1.165) is 6.07 Å². The molecule has 0 bridgehead atoms. The van der Waals surface area contributed by atoms with Crippen LogP contribution in [-0.4, -0.2) is 35.7 Å². The van der Waals surface area contributed by atoms with Crippen molar-refractivity contribution in [3.8, 4) is 5.75 Å². The molecule has 31 heavy (non-hydrogen) atoms. The molecule has 0 saturated carbocycles. The van der Waals surface area contributed by atoms with E-state index in [2.05, 4.69) is 5.32 Å². The van der Waals surface area contributed by atoms with Gasteiger partial charge in [-0.2, -0.15) is 0 Å². The van der Waals surface area contributed by atoms with Crippen LogP contribution in [0.5, 0.6) is 5.75 Å². The van der Waals surface area contributed by atoms with Gasteiger partial charge >= 0.3 is 5.76 Å². The fourth-order valence-corrected chi connectivity index (χ4v) is 2.93. The second-order valence-electron chi connectivity index (χ2n) is 6.57. The standard InChI is InChI=1S/C20H20FN3O7/c1-29-9-10-30-17-7-4-13(11-15(17)21)22-19(25)3-2-8-23-16-6-5-14(24(27)28)12-18(16)31-20(23)26/h4-7,11-12H,2-3,8-10H2,1H3,(H,22,25). The van der Waals surface area contributed by atoms with Crippen molar-refractivity contribution < 1.29 is 28.0 Å². The molecule has 1 N–H and O–H groups in total. The molecule has 0 spiro atoms. The number of aromatic nitrogens is 1. The van der Waals surface area contributed by atoms with Crippen LogP contribution in [0.3, 0.4) is 0 Å². The number of anilines is 1. The molecule has 0 aliphatic carbocycles. The van der Waals surface area contributed by atoms with Crippen LogP contribution in [0.25, 0.3) is 11.1 Å². The quantitative estimate of drug-likeness (QED) is 0.296. The molecule has 10 nitrogen and oxygen atoms in total. The third-order valence-corrected chi connectivity index (χ3v) is 4.41. The zero-order chi connectivity index (χ0) is 22.4. The van der Waals surface area contributed by atoms with Crippen molar-refractivity contribution >= 4 is 28.4 Å². The van der Waals surface area contributed by atoms with Gasteiger partial charge in [0.15, 0.2) is 17.1 Å². The number of benzene rings is 2. The maximum absolute atomic E-state index is 14.0. The second kappa shape index (κ2) is 9.85. The summed E-state index contributed by atoms with van der Waals surface area (Å²) < 4.78 is 30.4. The number of methoxy groups -OCH3 is 1. The molecule has 3 aromatic rings. The Balaban J connectivity index is 1.56. The summed E-state index contributed by atoms with van der Waals surface area (Å²) in [7, 11) is 1.51. The number of oxazole rings is 1. The predicted molar refractivity (Wildman–Crippen MR) is 109 cm³/mol. The van der Waals surface area contributed by atoms with Crippen LogP contribution in [0.15, 0.2) is 45.6 Å². The average molecular weight is 433 g/mol. The topological polar surface area (TPSA) is 126 Å². The number of hydrogen-bond acceptors (Lipinski definition) is 7. The molecule has 0 atom stereocenters. The van der Waals surface area contributed by atoms with Gasteiger partial charge in [0.2, 0.25) is 5.91 Å². The van der Waals surface area contributed by atoms with Gasteiger partial charge < -0.3 is 19.2 Å². The molecule has 0 saturated heterocycles. The van der Waals surface area contributed by atoms with Crippen LogP contribution in [0.2, 0.25) is 0 Å². The number of fused-ring (bicyclic) bond motifs is 1. The largest absolute Gasteiger partial charge is 0.488 e. The normalized spacial score (nSPS) is 10.9. The number of nitrogens with zero attached hydrogens (tertiary/aromatic N) is 2. The number of non-ortho nitro benzene ring substituents is 1. The number of carbonyl (C=O) groups excluding carboxylic acids is 1. The fourth-order valence-electron chi connectivity index (χ4n) is 2.93. The van der Waals surface area contributed by atoms with Crippen molar-refractivity contribution in [2.24, 2.45) is 0 Å². The first-order chi connectivity index (χ1) is 14.9. The monoisotopic (exact) mass is 433 g/mol. The first kappa shape index (κ1) is 22.0. The lowest BCUT2D eigenvalue weighted by Crippen LogP contribution is -2.17. The van der Waals surface area contributed by atoms with E-state index >= 15 is 0 Å². The number of aryl methyl sites for hydroxylation is 1. The molecule has 0 fully saturated rings. The summed E-state index contributed by atoms with van der Waals surface area (Å²) in [5.74, 6) is -1.58. The van der Waals surface area contributed by atoms with Gasteiger partial charge in [-0.05, 0) is 24.6 Å². The average Bonchev–Trinajstić information content (AvgIpc) is 3.04. The van der Waals surface area contributed by atoms with Crippen LogP contribution in [0, 0.1) is 15.9 Å². The summed E-state index contributed by atoms with van der Waals surface area (Å²) in [5, 5.41) is 13.4. The second-order valence-corrected chi connectivity index (χ2v) is 6.57. The minimum absolute atomic E-state index is 0.0569. The van der Waals surface area contributed by atoms with Crippen molar-refractivity contribution in [1.82, 2.24) is 4.57 Å². The summed E-state index contributed by atoms with van der Waals surface area (Å²) >= 11 is 0. The molecular weight excluding hydrogens is 413 g/mol. The Morgan fingerprint density at radius 3 is 2.77 bits per heavy atom. The van der Waals surface area contributed by atoms with Crippen LogP contribution < -0.4 is 15.8 Å². The van der Waals surface area contributed by atoms with Gasteiger partial charge in [0.05, 0.1) is 23.1 Å². The minimum Gasteiger partial charge on any atom is -0.488 e. The number of rotatable bonds is 10. The van der Waals surface area contributed by atoms with Gasteiger partial charge in [-0.3, -0.25) is 19.5 Å². The Morgan fingerprint density at radius 1 is 1.26 bits per heavy atom. The Hall–Kier alpha value is -3.73. The Labute approximate surface area is 175 Å². The first-order valence-corrected chi connectivity index (χ1v) is 9.38. The van der Waals surface area contributed by atoms with Gasteiger partial charge in [-0.15, -0.1) is 0 Å². The number of hydrogen-bond donors (Lipinski definition) is 1. The Bertz CT molecular complexity index is 1160. The molecule has 164 valence electrons. The van der Waals surface area contributed by atoms with Crippen molar-refractivity contribution in [2.75, 3.05) is 25.6 Å². The summed E-state index contributed by atoms with van der Waals surface area (Å²) in [6.07, 6.45) is 0.373. The summed E-state index contributed by atoms with van der Waals surface area (Å²) in [6.45, 7) is 0.704. The van der Waals surface area contributed by atoms with Gasteiger partial charge in [-0.1, -0.05) is 0 Å². The van der Waals surface area contributed by atoms with E-state index in [9.17, 15) is 24.1 Å². The van der Waals surface area contributed by atoms with Crippen molar-refractivity contribution in [3.63, 3.8) is 0 Å². The highest BCUT2D eigenvalue weighted by Gasteiger charge is 2.14. The third kappa shape index (κ3) is 5.45.